The molecule has 0 spiro atoms. The summed E-state index contributed by atoms with van der Waals surface area (Å²) in [5.74, 6) is 0.732. The molecule has 2 heteroatoms. The minimum atomic E-state index is 0.0601. The third-order valence-electron chi connectivity index (χ3n) is 3.68. The number of aryl methyl sites for hydroxylation is 1. The van der Waals surface area contributed by atoms with Gasteiger partial charge in [-0.2, -0.15) is 0 Å². The average Bonchev–Trinajstić information content (AvgIpc) is 3.21. The number of nitrogens with one attached hydrogen (secondary N) is 1. The maximum absolute atomic E-state index is 11.8. The van der Waals surface area contributed by atoms with Crippen LogP contribution in [0.5, 0.6) is 0 Å². The normalized spacial score (nSPS) is 17.1. The summed E-state index contributed by atoms with van der Waals surface area (Å²) in [5, 5.41) is 3.05. The van der Waals surface area contributed by atoms with Crippen LogP contribution in [0, 0.1) is 5.92 Å². The van der Waals surface area contributed by atoms with Gasteiger partial charge in [-0.1, -0.05) is 35.9 Å². The number of benzene rings is 1. The Morgan fingerprint density at radius 1 is 1.37 bits per heavy atom. The highest BCUT2D eigenvalue weighted by molar-refractivity contribution is 5.88. The Balaban J connectivity index is 1.73. The Bertz CT molecular complexity index is 446. The van der Waals surface area contributed by atoms with Gasteiger partial charge in [0.15, 0.2) is 0 Å². The highest BCUT2D eigenvalue weighted by Gasteiger charge is 2.23. The molecule has 1 saturated carbocycles. The predicted molar refractivity (Wildman–Crippen MR) is 78.8 cm³/mol. The van der Waals surface area contributed by atoms with Crippen molar-refractivity contribution < 1.29 is 4.79 Å². The molecule has 1 aliphatic rings. The molecule has 1 fully saturated rings. The molecule has 0 radical (unpaired) electrons. The predicted octanol–water partition coefficient (Wildman–Crippen LogP) is 3.48. The second kappa shape index (κ2) is 6.55. The van der Waals surface area contributed by atoms with Crippen LogP contribution in [0.1, 0.15) is 38.7 Å². The molecule has 1 amide bonds. The van der Waals surface area contributed by atoms with E-state index >= 15 is 0 Å². The van der Waals surface area contributed by atoms with Crippen molar-refractivity contribution in [1.82, 2.24) is 5.32 Å². The van der Waals surface area contributed by atoms with Gasteiger partial charge in [0.05, 0.1) is 0 Å². The maximum atomic E-state index is 11.8. The molecule has 0 heterocycles. The van der Waals surface area contributed by atoms with Crippen molar-refractivity contribution in [3.05, 3.63) is 47.5 Å². The number of carbonyl (C=O) groups excluding carboxylic acids is 1. The number of allylic oxidation sites excluding steroid dienone is 1. The van der Waals surface area contributed by atoms with E-state index < -0.39 is 0 Å². The molecule has 1 N–H and O–H groups in total. The summed E-state index contributed by atoms with van der Waals surface area (Å²) < 4.78 is 0. The van der Waals surface area contributed by atoms with Crippen molar-refractivity contribution in [1.29, 1.82) is 0 Å². The van der Waals surface area contributed by atoms with Crippen LogP contribution >= 0.6 is 0 Å². The number of hydrogen-bond acceptors (Lipinski definition) is 1. The fourth-order valence-corrected chi connectivity index (χ4v) is 2.25. The topological polar surface area (TPSA) is 29.1 Å². The van der Waals surface area contributed by atoms with Crippen LogP contribution in [0.15, 0.2) is 42.0 Å². The van der Waals surface area contributed by atoms with Crippen molar-refractivity contribution in [2.75, 3.05) is 0 Å². The molecular weight excluding hydrogens is 234 g/mol. The van der Waals surface area contributed by atoms with Crippen molar-refractivity contribution in [2.45, 2.75) is 45.6 Å². The van der Waals surface area contributed by atoms with E-state index in [4.69, 9.17) is 0 Å². The number of amides is 1. The first-order valence-corrected chi connectivity index (χ1v) is 7.18. The van der Waals surface area contributed by atoms with Crippen LogP contribution in [-0.2, 0) is 11.2 Å². The van der Waals surface area contributed by atoms with Crippen molar-refractivity contribution in [3.8, 4) is 0 Å². The second-order valence-electron chi connectivity index (χ2n) is 5.60. The minimum absolute atomic E-state index is 0.0601. The van der Waals surface area contributed by atoms with Gasteiger partial charge in [0, 0.05) is 12.1 Å². The van der Waals surface area contributed by atoms with E-state index in [1.54, 1.807) is 6.08 Å². The molecule has 2 rings (SSSR count). The van der Waals surface area contributed by atoms with E-state index in [2.05, 4.69) is 43.4 Å². The van der Waals surface area contributed by atoms with Crippen LogP contribution in [0.3, 0.4) is 0 Å². The lowest BCUT2D eigenvalue weighted by Crippen LogP contribution is -2.31. The van der Waals surface area contributed by atoms with Crippen LogP contribution < -0.4 is 5.32 Å². The van der Waals surface area contributed by atoms with Crippen LogP contribution in [0.25, 0.3) is 0 Å². The van der Waals surface area contributed by atoms with Gasteiger partial charge < -0.3 is 5.32 Å². The van der Waals surface area contributed by atoms with E-state index in [9.17, 15) is 4.79 Å². The molecule has 0 bridgehead atoms. The monoisotopic (exact) mass is 257 g/mol. The van der Waals surface area contributed by atoms with Gasteiger partial charge in [-0.25, -0.2) is 0 Å². The highest BCUT2D eigenvalue weighted by atomic mass is 16.1. The number of carbonyl (C=O) groups is 1. The molecule has 1 aromatic rings. The lowest BCUT2D eigenvalue weighted by atomic mass is 10.1. The summed E-state index contributed by atoms with van der Waals surface area (Å²) in [7, 11) is 0. The highest BCUT2D eigenvalue weighted by Crippen LogP contribution is 2.35. The number of hydrogen-bond donors (Lipinski definition) is 1. The Hall–Kier alpha value is -1.57. The fraction of sp³-hybridized carbons (Fsp3) is 0.471. The van der Waals surface area contributed by atoms with Gasteiger partial charge in [-0.15, -0.1) is 0 Å². The summed E-state index contributed by atoms with van der Waals surface area (Å²) >= 11 is 0. The average molecular weight is 257 g/mol. The first-order valence-electron chi connectivity index (χ1n) is 7.18. The zero-order valence-electron chi connectivity index (χ0n) is 11.9. The number of rotatable bonds is 6. The van der Waals surface area contributed by atoms with Crippen molar-refractivity contribution in [3.63, 3.8) is 0 Å². The van der Waals surface area contributed by atoms with Crippen molar-refractivity contribution in [2.24, 2.45) is 5.92 Å². The third-order valence-corrected chi connectivity index (χ3v) is 3.68. The van der Waals surface area contributed by atoms with Crippen LogP contribution in [0.2, 0.25) is 0 Å². The molecular formula is C17H23NO. The van der Waals surface area contributed by atoms with E-state index in [-0.39, 0.29) is 11.9 Å². The molecule has 1 aromatic carbocycles. The summed E-state index contributed by atoms with van der Waals surface area (Å²) in [4.78, 5) is 11.8. The molecule has 19 heavy (non-hydrogen) atoms. The molecule has 0 unspecified atom stereocenters. The Morgan fingerprint density at radius 3 is 2.68 bits per heavy atom. The van der Waals surface area contributed by atoms with Gasteiger partial charge in [0.1, 0.15) is 0 Å². The van der Waals surface area contributed by atoms with Crippen molar-refractivity contribution >= 4 is 5.91 Å². The van der Waals surface area contributed by atoms with Crippen LogP contribution in [-0.4, -0.2) is 11.9 Å². The zero-order valence-corrected chi connectivity index (χ0v) is 11.9. The Morgan fingerprint density at radius 2 is 2.05 bits per heavy atom. The summed E-state index contributed by atoms with van der Waals surface area (Å²) in [5.41, 5.74) is 2.56. The lowest BCUT2D eigenvalue weighted by Gasteiger charge is -2.12. The molecule has 0 aromatic heterocycles. The fourth-order valence-electron chi connectivity index (χ4n) is 2.25. The second-order valence-corrected chi connectivity index (χ2v) is 5.60. The van der Waals surface area contributed by atoms with Gasteiger partial charge in [0.25, 0.3) is 0 Å². The Labute approximate surface area is 115 Å². The standard InChI is InChI=1S/C17H23NO/c1-13(16-10-11-16)12-17(19)18-14(2)8-9-15-6-4-3-5-7-15/h3-7,12,14,16H,8-11H2,1-2H3,(H,18,19)/b13-12+/t14-/m1/s1. The third kappa shape index (κ3) is 4.90. The minimum Gasteiger partial charge on any atom is -0.350 e. The SMILES string of the molecule is C/C(=C\C(=O)N[C@H](C)CCc1ccccc1)C1CC1. The maximum Gasteiger partial charge on any atom is 0.244 e. The Kier molecular flexibility index (Phi) is 4.78. The van der Waals surface area contributed by atoms with Gasteiger partial charge in [0.2, 0.25) is 5.91 Å². The molecule has 1 atom stereocenters. The summed E-state index contributed by atoms with van der Waals surface area (Å²) in [6.07, 6.45) is 6.26. The first kappa shape index (κ1) is 13.9. The zero-order chi connectivity index (χ0) is 13.7. The van der Waals surface area contributed by atoms with Gasteiger partial charge in [-0.05, 0) is 51.0 Å². The van der Waals surface area contributed by atoms with Gasteiger partial charge >= 0.3 is 0 Å². The summed E-state index contributed by atoms with van der Waals surface area (Å²) in [6.45, 7) is 4.13. The quantitative estimate of drug-likeness (QED) is 0.777. The molecule has 0 aliphatic heterocycles. The van der Waals surface area contributed by atoms with E-state index in [0.717, 1.165) is 12.8 Å². The van der Waals surface area contributed by atoms with Crippen LogP contribution in [0.4, 0.5) is 0 Å². The van der Waals surface area contributed by atoms with Gasteiger partial charge in [-0.3, -0.25) is 4.79 Å². The summed E-state index contributed by atoms with van der Waals surface area (Å²) in [6, 6.07) is 10.6. The smallest absolute Gasteiger partial charge is 0.244 e. The largest absolute Gasteiger partial charge is 0.350 e. The van der Waals surface area contributed by atoms with E-state index in [1.807, 2.05) is 6.07 Å². The molecule has 2 nitrogen and oxygen atoms in total. The first-order chi connectivity index (χ1) is 9.15. The van der Waals surface area contributed by atoms with E-state index in [1.165, 1.54) is 24.0 Å². The van der Waals surface area contributed by atoms with E-state index in [0.29, 0.717) is 5.92 Å². The molecule has 102 valence electrons. The molecule has 0 saturated heterocycles. The lowest BCUT2D eigenvalue weighted by molar-refractivity contribution is -0.117. The molecule has 1 aliphatic carbocycles.